The molecule has 8 nitrogen and oxygen atoms in total. The number of hydrogen-bond acceptors (Lipinski definition) is 6. The molecule has 0 saturated carbocycles. The fourth-order valence-electron chi connectivity index (χ4n) is 3.65. The van der Waals surface area contributed by atoms with E-state index < -0.39 is 0 Å². The molecule has 1 fully saturated rings. The Morgan fingerprint density at radius 1 is 0.967 bits per heavy atom. The Kier molecular flexibility index (Phi) is 6.66. The average Bonchev–Trinajstić information content (AvgIpc) is 2.77. The minimum absolute atomic E-state index is 0.206. The molecule has 1 amide bonds. The van der Waals surface area contributed by atoms with Crippen LogP contribution in [0.2, 0.25) is 0 Å². The number of amides is 1. The van der Waals surface area contributed by atoms with E-state index in [9.17, 15) is 9.59 Å². The molecule has 0 atom stereocenters. The zero-order valence-corrected chi connectivity index (χ0v) is 18.2. The summed E-state index contributed by atoms with van der Waals surface area (Å²) in [7, 11) is 6.46. The van der Waals surface area contributed by atoms with E-state index in [2.05, 4.69) is 4.90 Å². The van der Waals surface area contributed by atoms with Gasteiger partial charge >= 0.3 is 0 Å². The van der Waals surface area contributed by atoms with E-state index in [1.807, 2.05) is 19.1 Å². The van der Waals surface area contributed by atoms with Crippen molar-refractivity contribution in [2.24, 2.45) is 7.05 Å². The molecule has 162 valence electrons. The Morgan fingerprint density at radius 2 is 1.57 bits per heavy atom. The number of piperazine rings is 1. The molecule has 1 aliphatic rings. The molecule has 1 aromatic heterocycles. The molecule has 0 N–H and O–H groups in total. The monoisotopic (exact) mass is 415 g/mol. The zero-order chi connectivity index (χ0) is 21.8. The van der Waals surface area contributed by atoms with Gasteiger partial charge in [-0.2, -0.15) is 0 Å². The summed E-state index contributed by atoms with van der Waals surface area (Å²) in [6.07, 6.45) is 0. The van der Waals surface area contributed by atoms with E-state index in [0.717, 1.165) is 11.3 Å². The first-order valence-corrected chi connectivity index (χ1v) is 9.86. The maximum Gasteiger partial charge on any atom is 0.263 e. The van der Waals surface area contributed by atoms with Gasteiger partial charge in [-0.3, -0.25) is 14.5 Å². The summed E-state index contributed by atoms with van der Waals surface area (Å²) in [6.45, 7) is 5.12. The van der Waals surface area contributed by atoms with Crippen molar-refractivity contribution in [3.63, 3.8) is 0 Å². The van der Waals surface area contributed by atoms with Crippen molar-refractivity contribution in [3.8, 4) is 17.2 Å². The van der Waals surface area contributed by atoms with Crippen LogP contribution in [-0.4, -0.2) is 67.8 Å². The van der Waals surface area contributed by atoms with Gasteiger partial charge in [0, 0.05) is 45.5 Å². The summed E-state index contributed by atoms with van der Waals surface area (Å²) < 4.78 is 17.7. The van der Waals surface area contributed by atoms with Crippen LogP contribution in [0.15, 0.2) is 29.1 Å². The van der Waals surface area contributed by atoms with Crippen molar-refractivity contribution in [2.45, 2.75) is 13.5 Å². The minimum atomic E-state index is -0.250. The quantitative estimate of drug-likeness (QED) is 0.715. The summed E-state index contributed by atoms with van der Waals surface area (Å²) in [5, 5.41) is 0. The van der Waals surface area contributed by atoms with E-state index in [0.29, 0.717) is 50.0 Å². The number of nitrogens with zero attached hydrogens (tertiary/aromatic N) is 3. The summed E-state index contributed by atoms with van der Waals surface area (Å²) in [5.41, 5.74) is 1.84. The first-order chi connectivity index (χ1) is 14.4. The second-order valence-corrected chi connectivity index (χ2v) is 7.35. The van der Waals surface area contributed by atoms with Crippen molar-refractivity contribution in [1.29, 1.82) is 0 Å². The van der Waals surface area contributed by atoms with Crippen molar-refractivity contribution in [3.05, 3.63) is 51.4 Å². The van der Waals surface area contributed by atoms with Crippen LogP contribution in [0.4, 0.5) is 0 Å². The number of benzene rings is 1. The van der Waals surface area contributed by atoms with Gasteiger partial charge in [-0.05, 0) is 36.8 Å². The van der Waals surface area contributed by atoms with Crippen LogP contribution in [0.5, 0.6) is 17.2 Å². The maximum absolute atomic E-state index is 12.8. The van der Waals surface area contributed by atoms with E-state index in [4.69, 9.17) is 14.2 Å². The lowest BCUT2D eigenvalue weighted by atomic mass is 10.1. The largest absolute Gasteiger partial charge is 0.493 e. The molecule has 2 heterocycles. The molecule has 1 aromatic carbocycles. The first-order valence-electron chi connectivity index (χ1n) is 9.86. The van der Waals surface area contributed by atoms with E-state index in [-0.39, 0.29) is 17.0 Å². The summed E-state index contributed by atoms with van der Waals surface area (Å²) in [5.74, 6) is 1.61. The fraction of sp³-hybridized carbons (Fsp3) is 0.455. The summed E-state index contributed by atoms with van der Waals surface area (Å²) >= 11 is 0. The number of aryl methyl sites for hydroxylation is 1. The number of methoxy groups -OCH3 is 3. The molecule has 1 aliphatic heterocycles. The lowest BCUT2D eigenvalue weighted by Gasteiger charge is -2.34. The molecule has 30 heavy (non-hydrogen) atoms. The Labute approximate surface area is 176 Å². The first kappa shape index (κ1) is 21.7. The molecule has 0 unspecified atom stereocenters. The van der Waals surface area contributed by atoms with Crippen LogP contribution in [-0.2, 0) is 13.6 Å². The van der Waals surface area contributed by atoms with Crippen molar-refractivity contribution in [2.75, 3.05) is 47.5 Å². The SMILES string of the molecule is COc1cc(CN2CCN(C(=O)c3ccc(C)n(C)c3=O)CC2)cc(OC)c1OC. The normalized spacial score (nSPS) is 14.5. The third kappa shape index (κ3) is 4.28. The van der Waals surface area contributed by atoms with Gasteiger partial charge < -0.3 is 23.7 Å². The second kappa shape index (κ2) is 9.21. The number of rotatable bonds is 6. The molecule has 0 spiro atoms. The van der Waals surface area contributed by atoms with E-state index in [1.54, 1.807) is 45.4 Å². The van der Waals surface area contributed by atoms with Crippen molar-refractivity contribution >= 4 is 5.91 Å². The van der Waals surface area contributed by atoms with Crippen molar-refractivity contribution in [1.82, 2.24) is 14.4 Å². The van der Waals surface area contributed by atoms with Crippen LogP contribution in [0, 0.1) is 6.92 Å². The molecule has 2 aromatic rings. The highest BCUT2D eigenvalue weighted by molar-refractivity contribution is 5.94. The van der Waals surface area contributed by atoms with Gasteiger partial charge in [0.05, 0.1) is 21.3 Å². The standard InChI is InChI=1S/C22H29N3O5/c1-15-6-7-17(21(26)23(15)2)22(27)25-10-8-24(9-11-25)14-16-12-18(28-3)20(30-5)19(13-16)29-4/h6-7,12-13H,8-11,14H2,1-5H3. The Bertz CT molecular complexity index is 952. The lowest BCUT2D eigenvalue weighted by molar-refractivity contribution is 0.0626. The maximum atomic E-state index is 12.8. The van der Waals surface area contributed by atoms with Gasteiger partial charge in [-0.25, -0.2) is 0 Å². The van der Waals surface area contributed by atoms with Gasteiger partial charge in [0.2, 0.25) is 5.75 Å². The smallest absolute Gasteiger partial charge is 0.263 e. The molecule has 0 bridgehead atoms. The number of aromatic nitrogens is 1. The zero-order valence-electron chi connectivity index (χ0n) is 18.2. The number of pyridine rings is 1. The predicted octanol–water partition coefficient (Wildman–Crippen LogP) is 1.68. The van der Waals surface area contributed by atoms with Gasteiger partial charge in [-0.1, -0.05) is 0 Å². The van der Waals surface area contributed by atoms with E-state index in [1.165, 1.54) is 4.57 Å². The van der Waals surface area contributed by atoms with E-state index >= 15 is 0 Å². The van der Waals surface area contributed by atoms with Crippen LogP contribution >= 0.6 is 0 Å². The van der Waals surface area contributed by atoms with Crippen LogP contribution < -0.4 is 19.8 Å². The highest BCUT2D eigenvalue weighted by atomic mass is 16.5. The molecule has 3 rings (SSSR count). The number of ether oxygens (including phenoxy) is 3. The second-order valence-electron chi connectivity index (χ2n) is 7.35. The van der Waals surface area contributed by atoms with Crippen molar-refractivity contribution < 1.29 is 19.0 Å². The molecular weight excluding hydrogens is 386 g/mol. The van der Waals surface area contributed by atoms with Crippen LogP contribution in [0.1, 0.15) is 21.6 Å². The van der Waals surface area contributed by atoms with Gasteiger partial charge in [0.25, 0.3) is 11.5 Å². The lowest BCUT2D eigenvalue weighted by Crippen LogP contribution is -2.49. The molecule has 0 radical (unpaired) electrons. The van der Waals surface area contributed by atoms with Crippen LogP contribution in [0.25, 0.3) is 0 Å². The molecular formula is C22H29N3O5. The molecule has 1 saturated heterocycles. The fourth-order valence-corrected chi connectivity index (χ4v) is 3.65. The number of hydrogen-bond donors (Lipinski definition) is 0. The average molecular weight is 415 g/mol. The number of carbonyl (C=O) groups excluding carboxylic acids is 1. The minimum Gasteiger partial charge on any atom is -0.493 e. The summed E-state index contributed by atoms with van der Waals surface area (Å²) in [6, 6.07) is 7.31. The predicted molar refractivity (Wildman–Crippen MR) is 114 cm³/mol. The topological polar surface area (TPSA) is 73.2 Å². The third-order valence-electron chi connectivity index (χ3n) is 5.58. The van der Waals surface area contributed by atoms with Crippen LogP contribution in [0.3, 0.4) is 0 Å². The Hall–Kier alpha value is -3.00. The van der Waals surface area contributed by atoms with Gasteiger partial charge in [0.15, 0.2) is 11.5 Å². The Balaban J connectivity index is 1.67. The highest BCUT2D eigenvalue weighted by Gasteiger charge is 2.25. The third-order valence-corrected chi connectivity index (χ3v) is 5.58. The highest BCUT2D eigenvalue weighted by Crippen LogP contribution is 2.38. The molecule has 8 heteroatoms. The Morgan fingerprint density at radius 3 is 2.10 bits per heavy atom. The number of carbonyl (C=O) groups is 1. The van der Waals surface area contributed by atoms with Gasteiger partial charge in [-0.15, -0.1) is 0 Å². The van der Waals surface area contributed by atoms with Gasteiger partial charge in [0.1, 0.15) is 5.56 Å². The molecule has 0 aliphatic carbocycles. The summed E-state index contributed by atoms with van der Waals surface area (Å²) in [4.78, 5) is 29.3.